The van der Waals surface area contributed by atoms with E-state index >= 15 is 0 Å². The predicted octanol–water partition coefficient (Wildman–Crippen LogP) is 1.31. The summed E-state index contributed by atoms with van der Waals surface area (Å²) in [4.78, 5) is 25.2. The van der Waals surface area contributed by atoms with Crippen LogP contribution in [0.3, 0.4) is 0 Å². The van der Waals surface area contributed by atoms with Gasteiger partial charge < -0.3 is 10.2 Å². The minimum absolute atomic E-state index is 0.0182. The maximum absolute atomic E-state index is 12.8. The summed E-state index contributed by atoms with van der Waals surface area (Å²) in [6.45, 7) is 3.72. The molecule has 18 heavy (non-hydrogen) atoms. The number of halogens is 1. The third-order valence-electron chi connectivity index (χ3n) is 2.96. The first-order chi connectivity index (χ1) is 8.49. The standard InChI is InChI=1S/C13H15FN2O2/c1-8(2)12-13(18)16(7-11(17)15-12)10-5-3-9(14)4-6-10/h3-6,8,12H,7H2,1-2H3,(H,15,17). The van der Waals surface area contributed by atoms with Crippen LogP contribution in [-0.4, -0.2) is 24.4 Å². The summed E-state index contributed by atoms with van der Waals surface area (Å²) in [6, 6.07) is 5.04. The van der Waals surface area contributed by atoms with E-state index in [1.807, 2.05) is 13.8 Å². The van der Waals surface area contributed by atoms with Gasteiger partial charge in [0.25, 0.3) is 0 Å². The number of hydrogen-bond donors (Lipinski definition) is 1. The lowest BCUT2D eigenvalue weighted by atomic mass is 10.0. The van der Waals surface area contributed by atoms with Crippen LogP contribution >= 0.6 is 0 Å². The number of rotatable bonds is 2. The van der Waals surface area contributed by atoms with E-state index in [0.29, 0.717) is 5.69 Å². The molecule has 1 aliphatic rings. The summed E-state index contributed by atoms with van der Waals surface area (Å²) in [5, 5.41) is 2.67. The smallest absolute Gasteiger partial charge is 0.250 e. The van der Waals surface area contributed by atoms with E-state index in [0.717, 1.165) is 0 Å². The fourth-order valence-corrected chi connectivity index (χ4v) is 1.96. The second-order valence-corrected chi connectivity index (χ2v) is 4.69. The highest BCUT2D eigenvalue weighted by atomic mass is 19.1. The average Bonchev–Trinajstić information content (AvgIpc) is 2.32. The van der Waals surface area contributed by atoms with Gasteiger partial charge in [0.2, 0.25) is 11.8 Å². The molecule has 1 N–H and O–H groups in total. The minimum Gasteiger partial charge on any atom is -0.342 e. The van der Waals surface area contributed by atoms with E-state index in [4.69, 9.17) is 0 Å². The zero-order valence-electron chi connectivity index (χ0n) is 10.3. The Balaban J connectivity index is 2.28. The highest BCUT2D eigenvalue weighted by Crippen LogP contribution is 2.20. The van der Waals surface area contributed by atoms with Crippen molar-refractivity contribution < 1.29 is 14.0 Å². The number of anilines is 1. The topological polar surface area (TPSA) is 49.4 Å². The van der Waals surface area contributed by atoms with Crippen LogP contribution in [0.2, 0.25) is 0 Å². The van der Waals surface area contributed by atoms with Crippen molar-refractivity contribution in [1.29, 1.82) is 0 Å². The van der Waals surface area contributed by atoms with Gasteiger partial charge in [0.05, 0.1) is 0 Å². The van der Waals surface area contributed by atoms with E-state index in [2.05, 4.69) is 5.32 Å². The molecule has 1 atom stereocenters. The van der Waals surface area contributed by atoms with Crippen LogP contribution in [0.1, 0.15) is 13.8 Å². The molecule has 1 fully saturated rings. The molecule has 0 spiro atoms. The van der Waals surface area contributed by atoms with Crippen molar-refractivity contribution in [3.63, 3.8) is 0 Å². The summed E-state index contributed by atoms with van der Waals surface area (Å²) < 4.78 is 12.8. The number of carbonyl (C=O) groups excluding carboxylic acids is 2. The Labute approximate surface area is 105 Å². The lowest BCUT2D eigenvalue weighted by molar-refractivity contribution is -0.132. The first-order valence-electron chi connectivity index (χ1n) is 5.85. The van der Waals surface area contributed by atoms with Crippen molar-refractivity contribution in [2.24, 2.45) is 5.92 Å². The molecule has 0 aromatic heterocycles. The maximum Gasteiger partial charge on any atom is 0.250 e. The highest BCUT2D eigenvalue weighted by molar-refractivity contribution is 6.06. The van der Waals surface area contributed by atoms with Gasteiger partial charge in [-0.2, -0.15) is 0 Å². The summed E-state index contributed by atoms with van der Waals surface area (Å²) >= 11 is 0. The van der Waals surface area contributed by atoms with Gasteiger partial charge in [0, 0.05) is 5.69 Å². The molecule has 1 aromatic rings. The van der Waals surface area contributed by atoms with Crippen molar-refractivity contribution in [3.8, 4) is 0 Å². The summed E-state index contributed by atoms with van der Waals surface area (Å²) in [5.41, 5.74) is 0.543. The van der Waals surface area contributed by atoms with E-state index in [1.54, 1.807) is 0 Å². The van der Waals surface area contributed by atoms with Crippen LogP contribution in [0.15, 0.2) is 24.3 Å². The molecule has 0 radical (unpaired) electrons. The quantitative estimate of drug-likeness (QED) is 0.860. The van der Waals surface area contributed by atoms with Crippen molar-refractivity contribution in [1.82, 2.24) is 5.32 Å². The fraction of sp³-hybridized carbons (Fsp3) is 0.385. The number of amides is 2. The molecule has 0 aliphatic carbocycles. The van der Waals surface area contributed by atoms with Crippen molar-refractivity contribution in [3.05, 3.63) is 30.1 Å². The van der Waals surface area contributed by atoms with Crippen molar-refractivity contribution in [2.45, 2.75) is 19.9 Å². The normalized spacial score (nSPS) is 20.2. The number of hydrogen-bond acceptors (Lipinski definition) is 2. The third kappa shape index (κ3) is 2.34. The van der Waals surface area contributed by atoms with Crippen LogP contribution in [0.4, 0.5) is 10.1 Å². The molecule has 0 saturated carbocycles. The number of benzene rings is 1. The molecule has 2 amide bonds. The van der Waals surface area contributed by atoms with E-state index in [9.17, 15) is 14.0 Å². The lowest BCUT2D eigenvalue weighted by Crippen LogP contribution is -2.60. The van der Waals surface area contributed by atoms with Gasteiger partial charge in [0.1, 0.15) is 18.4 Å². The second kappa shape index (κ2) is 4.76. The minimum atomic E-state index is -0.517. The molecule has 0 bridgehead atoms. The molecular formula is C13H15FN2O2. The lowest BCUT2D eigenvalue weighted by Gasteiger charge is -2.34. The number of piperazine rings is 1. The number of nitrogens with one attached hydrogen (secondary N) is 1. The molecule has 1 unspecified atom stereocenters. The Bertz CT molecular complexity index is 470. The van der Waals surface area contributed by atoms with Crippen LogP contribution in [0, 0.1) is 11.7 Å². The second-order valence-electron chi connectivity index (χ2n) is 4.69. The Morgan fingerprint density at radius 1 is 1.28 bits per heavy atom. The van der Waals surface area contributed by atoms with Gasteiger partial charge in [-0.25, -0.2) is 4.39 Å². The van der Waals surface area contributed by atoms with Crippen molar-refractivity contribution >= 4 is 17.5 Å². The maximum atomic E-state index is 12.8. The molecule has 2 rings (SSSR count). The summed E-state index contributed by atoms with van der Waals surface area (Å²) in [5.74, 6) is -0.702. The highest BCUT2D eigenvalue weighted by Gasteiger charge is 2.35. The molecule has 1 saturated heterocycles. The fourth-order valence-electron chi connectivity index (χ4n) is 1.96. The molecular weight excluding hydrogens is 235 g/mol. The van der Waals surface area contributed by atoms with Crippen molar-refractivity contribution in [2.75, 3.05) is 11.4 Å². The predicted molar refractivity (Wildman–Crippen MR) is 65.5 cm³/mol. The molecule has 1 heterocycles. The number of carbonyl (C=O) groups is 2. The van der Waals surface area contributed by atoms with Crippen LogP contribution < -0.4 is 10.2 Å². The monoisotopic (exact) mass is 250 g/mol. The van der Waals surface area contributed by atoms with Crippen LogP contribution in [0.25, 0.3) is 0 Å². The van der Waals surface area contributed by atoms with Gasteiger partial charge in [-0.15, -0.1) is 0 Å². The number of nitrogens with zero attached hydrogens (tertiary/aromatic N) is 1. The van der Waals surface area contributed by atoms with E-state index in [1.165, 1.54) is 29.2 Å². The largest absolute Gasteiger partial charge is 0.342 e. The zero-order chi connectivity index (χ0) is 13.3. The molecule has 96 valence electrons. The molecule has 1 aliphatic heterocycles. The van der Waals surface area contributed by atoms with Gasteiger partial charge >= 0.3 is 0 Å². The van der Waals surface area contributed by atoms with E-state index in [-0.39, 0.29) is 30.1 Å². The van der Waals surface area contributed by atoms with Crippen LogP contribution in [-0.2, 0) is 9.59 Å². The van der Waals surface area contributed by atoms with Gasteiger partial charge in [-0.3, -0.25) is 9.59 Å². The first kappa shape index (κ1) is 12.5. The average molecular weight is 250 g/mol. The zero-order valence-corrected chi connectivity index (χ0v) is 10.3. The third-order valence-corrected chi connectivity index (χ3v) is 2.96. The van der Waals surface area contributed by atoms with Crippen LogP contribution in [0.5, 0.6) is 0 Å². The Morgan fingerprint density at radius 2 is 1.89 bits per heavy atom. The van der Waals surface area contributed by atoms with Gasteiger partial charge in [-0.1, -0.05) is 13.8 Å². The SMILES string of the molecule is CC(C)C1NC(=O)CN(c2ccc(F)cc2)C1=O. The first-order valence-corrected chi connectivity index (χ1v) is 5.85. The summed E-state index contributed by atoms with van der Waals surface area (Å²) in [7, 11) is 0. The Hall–Kier alpha value is -1.91. The Morgan fingerprint density at radius 3 is 2.44 bits per heavy atom. The molecule has 5 heteroatoms. The molecule has 4 nitrogen and oxygen atoms in total. The molecule has 1 aromatic carbocycles. The Kier molecular flexibility index (Phi) is 3.32. The van der Waals surface area contributed by atoms with Gasteiger partial charge in [-0.05, 0) is 30.2 Å². The van der Waals surface area contributed by atoms with Gasteiger partial charge in [0.15, 0.2) is 0 Å². The summed E-state index contributed by atoms with van der Waals surface area (Å²) in [6.07, 6.45) is 0. The van der Waals surface area contributed by atoms with E-state index < -0.39 is 6.04 Å².